The van der Waals surface area contributed by atoms with Crippen LogP contribution in [0, 0.1) is 0 Å². The molecule has 4 nitrogen and oxygen atoms in total. The van der Waals surface area contributed by atoms with Crippen LogP contribution in [-0.2, 0) is 0 Å². The fourth-order valence-electron chi connectivity index (χ4n) is 1.01. The largest absolute Gasteiger partial charge is 0.398 e. The number of nitrogens with one attached hydrogen (secondary N) is 1. The monoisotopic (exact) mass is 233 g/mol. The van der Waals surface area contributed by atoms with E-state index in [9.17, 15) is 18.0 Å². The van der Waals surface area contributed by atoms with Gasteiger partial charge in [-0.25, -0.2) is 0 Å². The van der Waals surface area contributed by atoms with E-state index in [4.69, 9.17) is 5.73 Å². The van der Waals surface area contributed by atoms with Crippen molar-refractivity contribution in [3.8, 4) is 0 Å². The van der Waals surface area contributed by atoms with Gasteiger partial charge >= 0.3 is 6.18 Å². The minimum Gasteiger partial charge on any atom is -0.398 e. The Balaban J connectivity index is 2.51. The van der Waals surface area contributed by atoms with Crippen molar-refractivity contribution in [3.63, 3.8) is 0 Å². The summed E-state index contributed by atoms with van der Waals surface area (Å²) in [6.45, 7) is -0.476. The maximum atomic E-state index is 11.8. The first kappa shape index (κ1) is 12.3. The van der Waals surface area contributed by atoms with Gasteiger partial charge in [-0.15, -0.1) is 0 Å². The predicted molar refractivity (Wildman–Crippen MR) is 51.7 cm³/mol. The first-order chi connectivity index (χ1) is 7.40. The van der Waals surface area contributed by atoms with Crippen molar-refractivity contribution in [1.29, 1.82) is 0 Å². The maximum Gasteiger partial charge on any atom is 0.390 e. The number of rotatable bonds is 3. The number of nitrogens with zero attached hydrogens (tertiary/aromatic N) is 1. The molecule has 0 unspecified atom stereocenters. The SMILES string of the molecule is Nc1ccncc1C(=O)NCCC(F)(F)F. The zero-order chi connectivity index (χ0) is 12.2. The van der Waals surface area contributed by atoms with Gasteiger partial charge in [0.05, 0.1) is 12.0 Å². The number of anilines is 1. The minimum atomic E-state index is -4.28. The molecule has 0 atom stereocenters. The summed E-state index contributed by atoms with van der Waals surface area (Å²) in [5, 5.41) is 2.12. The Morgan fingerprint density at radius 1 is 1.50 bits per heavy atom. The second kappa shape index (κ2) is 4.82. The molecule has 0 aliphatic carbocycles. The Morgan fingerprint density at radius 3 is 2.75 bits per heavy atom. The third-order valence-electron chi connectivity index (χ3n) is 1.79. The molecule has 0 fully saturated rings. The average molecular weight is 233 g/mol. The van der Waals surface area contributed by atoms with E-state index < -0.39 is 25.0 Å². The fraction of sp³-hybridized carbons (Fsp3) is 0.333. The lowest BCUT2D eigenvalue weighted by molar-refractivity contribution is -0.132. The number of alkyl halides is 3. The van der Waals surface area contributed by atoms with Crippen LogP contribution in [0.15, 0.2) is 18.5 Å². The van der Waals surface area contributed by atoms with Crippen molar-refractivity contribution in [1.82, 2.24) is 10.3 Å². The number of aromatic nitrogens is 1. The number of carbonyl (C=O) groups is 1. The van der Waals surface area contributed by atoms with Crippen LogP contribution in [0.5, 0.6) is 0 Å². The Bertz CT molecular complexity index is 379. The van der Waals surface area contributed by atoms with Crippen LogP contribution in [0.25, 0.3) is 0 Å². The maximum absolute atomic E-state index is 11.8. The molecule has 0 aromatic carbocycles. The molecule has 0 aliphatic rings. The van der Waals surface area contributed by atoms with Gasteiger partial charge in [-0.3, -0.25) is 9.78 Å². The van der Waals surface area contributed by atoms with Gasteiger partial charge in [0, 0.05) is 24.6 Å². The Kier molecular flexibility index (Phi) is 3.70. The molecular weight excluding hydrogens is 223 g/mol. The average Bonchev–Trinajstić information content (AvgIpc) is 2.16. The van der Waals surface area contributed by atoms with Crippen LogP contribution >= 0.6 is 0 Å². The first-order valence-electron chi connectivity index (χ1n) is 4.44. The second-order valence-corrected chi connectivity index (χ2v) is 3.08. The first-order valence-corrected chi connectivity index (χ1v) is 4.44. The van der Waals surface area contributed by atoms with Crippen molar-refractivity contribution in [2.75, 3.05) is 12.3 Å². The number of pyridine rings is 1. The Labute approximate surface area is 89.7 Å². The normalized spacial score (nSPS) is 11.2. The van der Waals surface area contributed by atoms with Crippen molar-refractivity contribution >= 4 is 11.6 Å². The summed E-state index contributed by atoms with van der Waals surface area (Å²) in [6.07, 6.45) is -2.76. The van der Waals surface area contributed by atoms with Crippen LogP contribution in [0.2, 0.25) is 0 Å². The van der Waals surface area contributed by atoms with Gasteiger partial charge in [-0.05, 0) is 6.07 Å². The molecule has 3 N–H and O–H groups in total. The summed E-state index contributed by atoms with van der Waals surface area (Å²) in [5.41, 5.74) is 5.71. The summed E-state index contributed by atoms with van der Waals surface area (Å²) in [4.78, 5) is 15.0. The van der Waals surface area contributed by atoms with E-state index in [1.54, 1.807) is 0 Å². The molecule has 1 rings (SSSR count). The smallest absolute Gasteiger partial charge is 0.390 e. The molecular formula is C9H10F3N3O. The molecule has 0 aliphatic heterocycles. The highest BCUT2D eigenvalue weighted by atomic mass is 19.4. The lowest BCUT2D eigenvalue weighted by Gasteiger charge is -2.08. The fourth-order valence-corrected chi connectivity index (χ4v) is 1.01. The number of halogens is 3. The van der Waals surface area contributed by atoms with Crippen LogP contribution in [0.4, 0.5) is 18.9 Å². The number of carbonyl (C=O) groups excluding carboxylic acids is 1. The van der Waals surface area contributed by atoms with Crippen molar-refractivity contribution in [2.45, 2.75) is 12.6 Å². The third kappa shape index (κ3) is 3.76. The van der Waals surface area contributed by atoms with Gasteiger partial charge in [0.15, 0.2) is 0 Å². The van der Waals surface area contributed by atoms with Crippen LogP contribution in [0.3, 0.4) is 0 Å². The molecule has 0 spiro atoms. The van der Waals surface area contributed by atoms with Gasteiger partial charge in [0.2, 0.25) is 0 Å². The standard InChI is InChI=1S/C9H10F3N3O/c10-9(11,12)2-4-15-8(16)6-5-14-3-1-7(6)13/h1,3,5H,2,4H2,(H2,13,14)(H,15,16). The van der Waals surface area contributed by atoms with E-state index in [-0.39, 0.29) is 11.3 Å². The summed E-state index contributed by atoms with van der Waals surface area (Å²) in [5.74, 6) is -0.658. The molecule has 0 radical (unpaired) electrons. The molecule has 1 aromatic rings. The zero-order valence-corrected chi connectivity index (χ0v) is 8.21. The predicted octanol–water partition coefficient (Wildman–Crippen LogP) is 1.35. The topological polar surface area (TPSA) is 68.0 Å². The molecule has 0 bridgehead atoms. The van der Waals surface area contributed by atoms with Crippen molar-refractivity contribution < 1.29 is 18.0 Å². The third-order valence-corrected chi connectivity index (χ3v) is 1.79. The quantitative estimate of drug-likeness (QED) is 0.827. The van der Waals surface area contributed by atoms with Gasteiger partial charge in [-0.1, -0.05) is 0 Å². The number of hydrogen-bond donors (Lipinski definition) is 2. The van der Waals surface area contributed by atoms with Crippen LogP contribution in [0.1, 0.15) is 16.8 Å². The van der Waals surface area contributed by atoms with E-state index in [1.165, 1.54) is 18.5 Å². The van der Waals surface area contributed by atoms with Crippen LogP contribution in [-0.4, -0.2) is 23.6 Å². The second-order valence-electron chi connectivity index (χ2n) is 3.08. The number of amides is 1. The zero-order valence-electron chi connectivity index (χ0n) is 8.21. The molecule has 16 heavy (non-hydrogen) atoms. The van der Waals surface area contributed by atoms with E-state index in [1.807, 2.05) is 0 Å². The summed E-state index contributed by atoms with van der Waals surface area (Å²) in [6, 6.07) is 1.40. The number of nitrogen functional groups attached to an aromatic ring is 1. The van der Waals surface area contributed by atoms with E-state index in [0.717, 1.165) is 0 Å². The highest BCUT2D eigenvalue weighted by molar-refractivity contribution is 5.98. The molecule has 7 heteroatoms. The summed E-state index contributed by atoms with van der Waals surface area (Å²) >= 11 is 0. The van der Waals surface area contributed by atoms with Gasteiger partial charge in [-0.2, -0.15) is 13.2 Å². The van der Waals surface area contributed by atoms with Crippen molar-refractivity contribution in [2.24, 2.45) is 0 Å². The van der Waals surface area contributed by atoms with Gasteiger partial charge in [0.25, 0.3) is 5.91 Å². The lowest BCUT2D eigenvalue weighted by Crippen LogP contribution is -2.28. The van der Waals surface area contributed by atoms with E-state index in [2.05, 4.69) is 10.3 Å². The molecule has 88 valence electrons. The van der Waals surface area contributed by atoms with Gasteiger partial charge in [0.1, 0.15) is 0 Å². The molecule has 1 aromatic heterocycles. The van der Waals surface area contributed by atoms with Crippen LogP contribution < -0.4 is 11.1 Å². The number of hydrogen-bond acceptors (Lipinski definition) is 3. The van der Waals surface area contributed by atoms with E-state index >= 15 is 0 Å². The molecule has 1 heterocycles. The highest BCUT2D eigenvalue weighted by Crippen LogP contribution is 2.18. The van der Waals surface area contributed by atoms with Crippen molar-refractivity contribution in [3.05, 3.63) is 24.0 Å². The summed E-state index contributed by atoms with van der Waals surface area (Å²) < 4.78 is 35.4. The molecule has 0 saturated carbocycles. The lowest BCUT2D eigenvalue weighted by atomic mass is 10.2. The minimum absolute atomic E-state index is 0.0738. The summed E-state index contributed by atoms with van der Waals surface area (Å²) in [7, 11) is 0. The van der Waals surface area contributed by atoms with E-state index in [0.29, 0.717) is 0 Å². The Hall–Kier alpha value is -1.79. The highest BCUT2D eigenvalue weighted by Gasteiger charge is 2.26. The Morgan fingerprint density at radius 2 is 2.19 bits per heavy atom. The molecule has 0 saturated heterocycles. The number of nitrogens with two attached hydrogens (primary N) is 1. The molecule has 1 amide bonds. The van der Waals surface area contributed by atoms with Gasteiger partial charge < -0.3 is 11.1 Å².